The molecule has 1 spiro atoms. The van der Waals surface area contributed by atoms with Crippen LogP contribution in [0.5, 0.6) is 5.75 Å². The Labute approximate surface area is 338 Å². The molecule has 0 saturated heterocycles. The van der Waals surface area contributed by atoms with Gasteiger partial charge in [0.1, 0.15) is 17.8 Å². The zero-order chi connectivity index (χ0) is 39.5. The van der Waals surface area contributed by atoms with Gasteiger partial charge < -0.3 is 25.8 Å². The molecule has 1 unspecified atom stereocenters. The number of aliphatic carboxylic acids is 1. The average Bonchev–Trinajstić information content (AvgIpc) is 3.68. The molecule has 8 rings (SSSR count). The van der Waals surface area contributed by atoms with Gasteiger partial charge in [-0.25, -0.2) is 0 Å². The molecule has 0 heterocycles. The molecule has 0 radical (unpaired) electrons. The first-order valence-electron chi connectivity index (χ1n) is 21.9. The molecule has 5 aliphatic carbocycles. The van der Waals surface area contributed by atoms with Crippen molar-refractivity contribution in [1.29, 1.82) is 0 Å². The van der Waals surface area contributed by atoms with E-state index in [1.54, 1.807) is 12.1 Å². The molecular weight excluding hydrogens is 707 g/mol. The molecule has 5 N–H and O–H groups in total. The van der Waals surface area contributed by atoms with Crippen LogP contribution in [0, 0.1) is 41.4 Å². The number of phenols is 1. The fourth-order valence-electron chi connectivity index (χ4n) is 12.2. The van der Waals surface area contributed by atoms with E-state index >= 15 is 0 Å². The molecule has 300 valence electrons. The third kappa shape index (κ3) is 7.91. The minimum Gasteiger partial charge on any atom is -0.511 e. The lowest BCUT2D eigenvalue weighted by molar-refractivity contribution is -0.147. The lowest BCUT2D eigenvalue weighted by Crippen LogP contribution is -2.55. The Morgan fingerprint density at radius 2 is 1.74 bits per heavy atom. The van der Waals surface area contributed by atoms with Crippen molar-refractivity contribution in [2.75, 3.05) is 6.54 Å². The molecule has 0 aliphatic heterocycles. The number of phenolic OH excluding ortho intramolecular Hbond substituents is 1. The van der Waals surface area contributed by atoms with E-state index in [1.807, 2.05) is 18.2 Å². The maximum Gasteiger partial charge on any atom is 0.307 e. The fraction of sp³-hybridized carbons (Fsp3) is 0.490. The summed E-state index contributed by atoms with van der Waals surface area (Å²) in [5.74, 6) is 0.560. The smallest absolute Gasteiger partial charge is 0.307 e. The second-order valence-corrected chi connectivity index (χ2v) is 18.1. The Morgan fingerprint density at radius 1 is 0.912 bits per heavy atom. The van der Waals surface area contributed by atoms with Crippen LogP contribution in [0.15, 0.2) is 90.5 Å². The third-order valence-corrected chi connectivity index (χ3v) is 15.1. The predicted octanol–water partition coefficient (Wildman–Crippen LogP) is 8.82. The highest BCUT2D eigenvalue weighted by Crippen LogP contribution is 2.60. The maximum absolute atomic E-state index is 13.6. The van der Waals surface area contributed by atoms with Gasteiger partial charge in [0.2, 0.25) is 0 Å². The Hall–Kier alpha value is -4.42. The van der Waals surface area contributed by atoms with Crippen molar-refractivity contribution in [2.24, 2.45) is 47.2 Å². The van der Waals surface area contributed by atoms with E-state index in [0.717, 1.165) is 93.9 Å². The summed E-state index contributed by atoms with van der Waals surface area (Å²) >= 11 is 0. The molecule has 1 saturated carbocycles. The standard InChI is InChI=1S/C51H61NO5/c52-25-24-33-14-17-38(26-33)40(32-53)11-3-1-2-8-35-9-5-7-13-47(50(56)57)51-31-46-41(29-39-10-4-6-12-44(39)49(46)55)30-42(51)21-18-37-16-15-34(28-48(37)51)27-45(35)36-19-22-43(54)23-20-36/h4-7,10,12,15-16,19-20,22-23,26,28-29,32,35,38,40-42,45-47,54-55H,1-3,8-9,11,13-14,17-18,21,24-25,27,30-31,52H2,(H,56,57)/t35?,38-,40-,41-,42-,45+,46-,47-,51+/m1/s1. The van der Waals surface area contributed by atoms with Crippen LogP contribution in [0.25, 0.3) is 11.8 Å². The maximum atomic E-state index is 13.6. The summed E-state index contributed by atoms with van der Waals surface area (Å²) in [6.45, 7) is 0.666. The zero-order valence-electron chi connectivity index (χ0n) is 33.4. The lowest BCUT2D eigenvalue weighted by Gasteiger charge is -2.56. The first-order valence-corrected chi connectivity index (χ1v) is 21.9. The summed E-state index contributed by atoms with van der Waals surface area (Å²) < 4.78 is 0. The van der Waals surface area contributed by atoms with E-state index < -0.39 is 17.3 Å². The molecule has 0 aromatic heterocycles. The number of aliphatic hydroxyl groups excluding tert-OH is 1. The predicted molar refractivity (Wildman–Crippen MR) is 227 cm³/mol. The van der Waals surface area contributed by atoms with Gasteiger partial charge in [-0.15, -0.1) is 0 Å². The summed E-state index contributed by atoms with van der Waals surface area (Å²) in [5, 5.41) is 35.3. The highest BCUT2D eigenvalue weighted by Gasteiger charge is 2.57. The van der Waals surface area contributed by atoms with Crippen LogP contribution < -0.4 is 16.2 Å². The molecule has 6 nitrogen and oxygen atoms in total. The molecule has 3 aromatic carbocycles. The van der Waals surface area contributed by atoms with Gasteiger partial charge in [-0.1, -0.05) is 104 Å². The van der Waals surface area contributed by atoms with Crippen LogP contribution in [-0.4, -0.2) is 34.1 Å². The molecule has 2 bridgehead atoms. The first kappa shape index (κ1) is 39.4. The molecule has 9 atom stereocenters. The Bertz CT molecular complexity index is 2120. The monoisotopic (exact) mass is 767 g/mol. The fourth-order valence-corrected chi connectivity index (χ4v) is 12.2. The Balaban J connectivity index is 1.09. The van der Waals surface area contributed by atoms with Crippen molar-refractivity contribution in [2.45, 2.75) is 108 Å². The van der Waals surface area contributed by atoms with E-state index in [4.69, 9.17) is 5.73 Å². The molecule has 6 heteroatoms. The van der Waals surface area contributed by atoms with Crippen molar-refractivity contribution in [1.82, 2.24) is 0 Å². The molecule has 1 fully saturated rings. The number of nitrogens with two attached hydrogens (primary N) is 1. The third-order valence-electron chi connectivity index (χ3n) is 15.1. The van der Waals surface area contributed by atoms with Crippen LogP contribution in [0.3, 0.4) is 0 Å². The second-order valence-electron chi connectivity index (χ2n) is 18.1. The SMILES string of the molecule is NCCC1=C[C@H]([C@@H](C=O)CCCCCC2CC=CC[C@H](C(=O)O)[C@]34C[C@H]5C(O)=c6ccccc6=C[C@@H]5C[C@H]3CCc3ccc(cc34)C[C@@H]2c2ccc(O)cc2)CC1. The normalized spacial score (nSPS) is 29.7. The van der Waals surface area contributed by atoms with Crippen molar-refractivity contribution in [3.05, 3.63) is 123 Å². The number of allylic oxidation sites excluding steroid dienone is 3. The second kappa shape index (κ2) is 17.2. The highest BCUT2D eigenvalue weighted by atomic mass is 16.4. The number of hydrogen-bond donors (Lipinski definition) is 4. The summed E-state index contributed by atoms with van der Waals surface area (Å²) in [5.41, 5.74) is 11.5. The molecular formula is C51H61NO5. The van der Waals surface area contributed by atoms with Gasteiger partial charge in [-0.3, -0.25) is 4.79 Å². The molecule has 5 aliphatic rings. The van der Waals surface area contributed by atoms with Crippen LogP contribution in [0.2, 0.25) is 0 Å². The number of unbranched alkanes of at least 4 members (excludes halogenated alkanes) is 2. The topological polar surface area (TPSA) is 121 Å². The van der Waals surface area contributed by atoms with Gasteiger partial charge >= 0.3 is 5.97 Å². The lowest BCUT2D eigenvalue weighted by atomic mass is 9.47. The molecule has 57 heavy (non-hydrogen) atoms. The van der Waals surface area contributed by atoms with Gasteiger partial charge in [-0.2, -0.15) is 0 Å². The van der Waals surface area contributed by atoms with Crippen molar-refractivity contribution < 1.29 is 24.9 Å². The van der Waals surface area contributed by atoms with E-state index in [0.29, 0.717) is 37.0 Å². The van der Waals surface area contributed by atoms with E-state index in [9.17, 15) is 24.9 Å². The van der Waals surface area contributed by atoms with E-state index in [-0.39, 0.29) is 35.3 Å². The quantitative estimate of drug-likeness (QED) is 0.0831. The van der Waals surface area contributed by atoms with Gasteiger partial charge in [0.25, 0.3) is 0 Å². The number of aromatic hydroxyl groups is 1. The van der Waals surface area contributed by atoms with Crippen molar-refractivity contribution >= 4 is 24.1 Å². The minimum atomic E-state index is -0.742. The van der Waals surface area contributed by atoms with Gasteiger partial charge in [0.15, 0.2) is 0 Å². The summed E-state index contributed by atoms with van der Waals surface area (Å²) in [7, 11) is 0. The Kier molecular flexibility index (Phi) is 11.9. The number of aliphatic hydroxyl groups is 1. The number of benzene rings is 3. The van der Waals surface area contributed by atoms with Gasteiger partial charge in [0, 0.05) is 22.5 Å². The molecule has 0 amide bonds. The van der Waals surface area contributed by atoms with Crippen molar-refractivity contribution in [3.8, 4) is 5.75 Å². The van der Waals surface area contributed by atoms with Gasteiger partial charge in [0.05, 0.1) is 5.92 Å². The average molecular weight is 768 g/mol. The first-order chi connectivity index (χ1) is 27.8. The van der Waals surface area contributed by atoms with Crippen LogP contribution in [-0.2, 0) is 27.8 Å². The van der Waals surface area contributed by atoms with Gasteiger partial charge in [-0.05, 0) is 153 Å². The van der Waals surface area contributed by atoms with Crippen LogP contribution in [0.4, 0.5) is 0 Å². The zero-order valence-corrected chi connectivity index (χ0v) is 33.4. The van der Waals surface area contributed by atoms with Crippen molar-refractivity contribution in [3.63, 3.8) is 0 Å². The van der Waals surface area contributed by atoms with E-state index in [2.05, 4.69) is 60.7 Å². The minimum absolute atomic E-state index is 0.0762. The number of carbonyl (C=O) groups is 2. The number of carbonyl (C=O) groups excluding carboxylic acids is 1. The van der Waals surface area contributed by atoms with E-state index in [1.165, 1.54) is 34.1 Å². The molecule has 3 aromatic rings. The number of fused-ring (bicyclic) bond motifs is 3. The number of aryl methyl sites for hydroxylation is 1. The largest absolute Gasteiger partial charge is 0.511 e. The summed E-state index contributed by atoms with van der Waals surface area (Å²) in [6, 6.07) is 22.8. The number of aldehydes is 1. The number of rotatable bonds is 12. The number of carboxylic acid groups (broad SMARTS) is 1. The summed E-state index contributed by atoms with van der Waals surface area (Å²) in [6.07, 6.45) is 24.0. The number of hydrogen-bond acceptors (Lipinski definition) is 5. The Morgan fingerprint density at radius 3 is 2.54 bits per heavy atom. The summed E-state index contributed by atoms with van der Waals surface area (Å²) in [4.78, 5) is 25.8. The number of carboxylic acids is 1. The van der Waals surface area contributed by atoms with Crippen LogP contribution >= 0.6 is 0 Å². The van der Waals surface area contributed by atoms with Crippen LogP contribution in [0.1, 0.15) is 112 Å². The highest BCUT2D eigenvalue weighted by molar-refractivity contribution is 5.74.